The van der Waals surface area contributed by atoms with Gasteiger partial charge in [0.15, 0.2) is 0 Å². The van der Waals surface area contributed by atoms with E-state index in [4.69, 9.17) is 5.73 Å². The maximum atomic E-state index is 5.94. The minimum absolute atomic E-state index is 0.553. The van der Waals surface area contributed by atoms with Crippen LogP contribution in [0.4, 0.5) is 5.82 Å². The van der Waals surface area contributed by atoms with Crippen molar-refractivity contribution in [1.82, 2.24) is 15.0 Å². The summed E-state index contributed by atoms with van der Waals surface area (Å²) in [6.07, 6.45) is 1.80. The van der Waals surface area contributed by atoms with E-state index in [-0.39, 0.29) is 0 Å². The molecule has 0 spiro atoms. The minimum Gasteiger partial charge on any atom is -0.383 e. The molecule has 2 heterocycles. The molecule has 0 aliphatic carbocycles. The molecule has 0 radical (unpaired) electrons. The topological polar surface area (TPSA) is 64.7 Å². The van der Waals surface area contributed by atoms with Gasteiger partial charge in [-0.2, -0.15) is 0 Å². The number of rotatable bonds is 0. The van der Waals surface area contributed by atoms with E-state index in [0.717, 1.165) is 38.4 Å². The fraction of sp³-hybridized carbons (Fsp3) is 0.0714. The molecule has 2 aromatic carbocycles. The van der Waals surface area contributed by atoms with Crippen molar-refractivity contribution in [3.05, 3.63) is 36.3 Å². The van der Waals surface area contributed by atoms with Crippen LogP contribution in [0.3, 0.4) is 0 Å². The van der Waals surface area contributed by atoms with E-state index in [2.05, 4.69) is 15.0 Å². The van der Waals surface area contributed by atoms with Gasteiger partial charge in [0, 0.05) is 27.7 Å². The molecule has 0 amide bonds. The lowest BCUT2D eigenvalue weighted by atomic mass is 10.0. The van der Waals surface area contributed by atoms with Crippen molar-refractivity contribution in [2.75, 3.05) is 5.73 Å². The van der Waals surface area contributed by atoms with Gasteiger partial charge in [-0.1, -0.05) is 6.07 Å². The molecule has 18 heavy (non-hydrogen) atoms. The van der Waals surface area contributed by atoms with Crippen LogP contribution in [0.5, 0.6) is 0 Å². The molecule has 0 saturated heterocycles. The van der Waals surface area contributed by atoms with Gasteiger partial charge >= 0.3 is 0 Å². The number of benzene rings is 2. The van der Waals surface area contributed by atoms with Crippen molar-refractivity contribution < 1.29 is 0 Å². The largest absolute Gasteiger partial charge is 0.383 e. The molecule has 4 rings (SSSR count). The van der Waals surface area contributed by atoms with Crippen molar-refractivity contribution in [3.8, 4) is 0 Å². The Hall–Kier alpha value is -2.49. The lowest BCUT2D eigenvalue weighted by molar-refractivity contribution is 1.12. The summed E-state index contributed by atoms with van der Waals surface area (Å²) >= 11 is 0. The maximum Gasteiger partial charge on any atom is 0.131 e. The van der Waals surface area contributed by atoms with Crippen LogP contribution in [0.2, 0.25) is 0 Å². The maximum absolute atomic E-state index is 5.94. The monoisotopic (exact) mass is 234 g/mol. The van der Waals surface area contributed by atoms with Crippen LogP contribution in [0.1, 0.15) is 5.82 Å². The van der Waals surface area contributed by atoms with Gasteiger partial charge in [-0.05, 0) is 25.1 Å². The van der Waals surface area contributed by atoms with E-state index in [1.165, 1.54) is 0 Å². The molecule has 86 valence electrons. The number of nitrogens with zero attached hydrogens (tertiary/aromatic N) is 3. The third-order valence-corrected chi connectivity index (χ3v) is 3.33. The second kappa shape index (κ2) is 3.04. The predicted octanol–water partition coefficient (Wildman–Crippen LogP) is 2.66. The third kappa shape index (κ3) is 1.07. The highest BCUT2D eigenvalue weighted by molar-refractivity contribution is 6.22. The smallest absolute Gasteiger partial charge is 0.131 e. The number of pyridine rings is 1. The summed E-state index contributed by atoms with van der Waals surface area (Å²) in [4.78, 5) is 13.2. The number of aromatic nitrogens is 3. The van der Waals surface area contributed by atoms with Gasteiger partial charge in [0.05, 0.1) is 11.0 Å². The van der Waals surface area contributed by atoms with Gasteiger partial charge in [-0.3, -0.25) is 0 Å². The van der Waals surface area contributed by atoms with Crippen molar-refractivity contribution in [3.63, 3.8) is 0 Å². The van der Waals surface area contributed by atoms with Crippen molar-refractivity contribution >= 4 is 38.4 Å². The van der Waals surface area contributed by atoms with E-state index in [0.29, 0.717) is 5.82 Å². The second-order valence-electron chi connectivity index (χ2n) is 4.47. The normalized spacial score (nSPS) is 11.8. The molecule has 0 aliphatic rings. The number of aryl methyl sites for hydroxylation is 1. The minimum atomic E-state index is 0.553. The first-order valence-electron chi connectivity index (χ1n) is 5.77. The molecular formula is C14H10N4. The molecule has 0 atom stereocenters. The molecule has 2 N–H and O–H groups in total. The lowest BCUT2D eigenvalue weighted by Crippen LogP contribution is -1.96. The first-order chi connectivity index (χ1) is 8.74. The fourth-order valence-corrected chi connectivity index (χ4v) is 2.58. The number of hydrogen-bond donors (Lipinski definition) is 1. The van der Waals surface area contributed by atoms with Gasteiger partial charge in [0.1, 0.15) is 11.6 Å². The van der Waals surface area contributed by atoms with E-state index in [1.807, 2.05) is 31.2 Å². The highest BCUT2D eigenvalue weighted by Crippen LogP contribution is 2.34. The van der Waals surface area contributed by atoms with Gasteiger partial charge in [0.25, 0.3) is 0 Å². The van der Waals surface area contributed by atoms with Crippen LogP contribution >= 0.6 is 0 Å². The first-order valence-corrected chi connectivity index (χ1v) is 5.77. The molecular weight excluding hydrogens is 224 g/mol. The van der Waals surface area contributed by atoms with Gasteiger partial charge in [-0.15, -0.1) is 0 Å². The van der Waals surface area contributed by atoms with Crippen LogP contribution < -0.4 is 5.73 Å². The fourth-order valence-electron chi connectivity index (χ4n) is 2.58. The molecule has 0 saturated carbocycles. The molecule has 0 fully saturated rings. The van der Waals surface area contributed by atoms with Crippen LogP contribution in [0.15, 0.2) is 30.5 Å². The van der Waals surface area contributed by atoms with Crippen LogP contribution in [0, 0.1) is 6.92 Å². The van der Waals surface area contributed by atoms with Crippen LogP contribution in [-0.2, 0) is 0 Å². The zero-order chi connectivity index (χ0) is 12.3. The standard InChI is InChI=1S/C14H10N4/c1-7-17-10-4-2-8-6-16-14(15)9-3-5-11(18-7)13(10)12(8)9/h2-6H,1H3,(H2,15,16). The van der Waals surface area contributed by atoms with Gasteiger partial charge in [-0.25, -0.2) is 15.0 Å². The highest BCUT2D eigenvalue weighted by atomic mass is 14.9. The zero-order valence-electron chi connectivity index (χ0n) is 9.81. The Balaban J connectivity index is 2.44. The molecule has 2 aromatic heterocycles. The van der Waals surface area contributed by atoms with Crippen molar-refractivity contribution in [1.29, 1.82) is 0 Å². The highest BCUT2D eigenvalue weighted by Gasteiger charge is 2.12. The number of anilines is 1. The third-order valence-electron chi connectivity index (χ3n) is 3.33. The summed E-state index contributed by atoms with van der Waals surface area (Å²) in [7, 11) is 0. The van der Waals surface area contributed by atoms with Gasteiger partial charge in [0.2, 0.25) is 0 Å². The quantitative estimate of drug-likeness (QED) is 0.475. The van der Waals surface area contributed by atoms with Gasteiger partial charge < -0.3 is 5.73 Å². The average molecular weight is 234 g/mol. The molecule has 0 aliphatic heterocycles. The Morgan fingerprint density at radius 3 is 2.44 bits per heavy atom. The first kappa shape index (κ1) is 9.53. The Morgan fingerprint density at radius 2 is 1.67 bits per heavy atom. The number of nitrogen functional groups attached to an aromatic ring is 1. The number of hydrogen-bond acceptors (Lipinski definition) is 4. The van der Waals surface area contributed by atoms with E-state index in [1.54, 1.807) is 6.20 Å². The van der Waals surface area contributed by atoms with E-state index < -0.39 is 0 Å². The summed E-state index contributed by atoms with van der Waals surface area (Å²) in [5.74, 6) is 1.34. The summed E-state index contributed by atoms with van der Waals surface area (Å²) < 4.78 is 0. The zero-order valence-corrected chi connectivity index (χ0v) is 9.81. The Labute approximate surface area is 103 Å². The Bertz CT molecular complexity index is 879. The SMILES string of the molecule is Cc1nc2ccc3cnc(N)c4ccc(n1)c2c34. The van der Waals surface area contributed by atoms with E-state index >= 15 is 0 Å². The van der Waals surface area contributed by atoms with Crippen molar-refractivity contribution in [2.45, 2.75) is 6.92 Å². The average Bonchev–Trinajstić information content (AvgIpc) is 2.37. The summed E-state index contributed by atoms with van der Waals surface area (Å²) in [5, 5.41) is 4.23. The molecule has 4 nitrogen and oxygen atoms in total. The molecule has 4 heteroatoms. The molecule has 4 aromatic rings. The van der Waals surface area contributed by atoms with E-state index in [9.17, 15) is 0 Å². The lowest BCUT2D eigenvalue weighted by Gasteiger charge is -2.10. The van der Waals surface area contributed by atoms with Crippen LogP contribution in [-0.4, -0.2) is 15.0 Å². The van der Waals surface area contributed by atoms with Crippen molar-refractivity contribution in [2.24, 2.45) is 0 Å². The second-order valence-corrected chi connectivity index (χ2v) is 4.47. The Morgan fingerprint density at radius 1 is 0.944 bits per heavy atom. The summed E-state index contributed by atoms with van der Waals surface area (Å²) in [6.45, 7) is 1.91. The molecule has 0 bridgehead atoms. The summed E-state index contributed by atoms with van der Waals surface area (Å²) in [5.41, 5.74) is 7.86. The predicted molar refractivity (Wildman–Crippen MR) is 72.7 cm³/mol. The number of nitrogens with two attached hydrogens (primary N) is 1. The Kier molecular flexibility index (Phi) is 1.61. The van der Waals surface area contributed by atoms with Crippen LogP contribution in [0.25, 0.3) is 32.6 Å². The molecule has 0 unspecified atom stereocenters. The summed E-state index contributed by atoms with van der Waals surface area (Å²) in [6, 6.07) is 8.01.